The topological polar surface area (TPSA) is 146 Å². The molecule has 0 spiro atoms. The fraction of sp³-hybridized carbons (Fsp3) is 0.840. The van der Waals surface area contributed by atoms with E-state index >= 15 is 0 Å². The smallest absolute Gasteiger partial charge is 0.354 e. The summed E-state index contributed by atoms with van der Waals surface area (Å²) in [5.41, 5.74) is 0. The maximum absolute atomic E-state index is 12.9. The van der Waals surface area contributed by atoms with Crippen LogP contribution in [0.1, 0.15) is 75.2 Å². The highest BCUT2D eigenvalue weighted by Gasteiger charge is 2.30. The largest absolute Gasteiger partial charge is 0.442 e. The molecule has 5 N–H and O–H groups in total. The summed E-state index contributed by atoms with van der Waals surface area (Å²) in [5.74, 6) is -0.682. The summed E-state index contributed by atoms with van der Waals surface area (Å²) in [6.45, 7) is 17.9. The van der Waals surface area contributed by atoms with Crippen molar-refractivity contribution in [2.45, 2.75) is 93.3 Å². The molecule has 0 aromatic rings. The van der Waals surface area contributed by atoms with Gasteiger partial charge in [-0.05, 0) is 41.6 Å². The van der Waals surface area contributed by atoms with Gasteiger partial charge in [0.2, 0.25) is 23.9 Å². The Bertz CT molecular complexity index is 742. The number of rotatable bonds is 17. The van der Waals surface area contributed by atoms with E-state index in [2.05, 4.69) is 40.2 Å². The summed E-state index contributed by atoms with van der Waals surface area (Å²) in [4.78, 5) is 49.4. The van der Waals surface area contributed by atoms with Crippen molar-refractivity contribution < 1.29 is 23.7 Å². The highest BCUT2D eigenvalue weighted by molar-refractivity contribution is 7.43. The van der Waals surface area contributed by atoms with Crippen LogP contribution in [0.25, 0.3) is 0 Å². The Labute approximate surface area is 218 Å². The number of amides is 4. The summed E-state index contributed by atoms with van der Waals surface area (Å²) in [5, 5.41) is 13.9. The maximum Gasteiger partial charge on any atom is 0.442 e. The van der Waals surface area contributed by atoms with Gasteiger partial charge in [-0.15, -0.1) is 5.09 Å². The van der Waals surface area contributed by atoms with E-state index in [1.54, 1.807) is 6.92 Å². The van der Waals surface area contributed by atoms with Gasteiger partial charge in [0.1, 0.15) is 12.1 Å². The quantitative estimate of drug-likeness (QED) is 0.183. The first kappa shape index (κ1) is 33.9. The molecule has 0 aliphatic heterocycles. The molecule has 0 aromatic heterocycles. The van der Waals surface area contributed by atoms with Gasteiger partial charge >= 0.3 is 7.95 Å². The van der Waals surface area contributed by atoms with Crippen LogP contribution < -0.4 is 26.4 Å². The SMILES string of the molecule is CC(C)CCNC(=O)[C@H](C)NC(=O)C[P+](=O)NC[C@H](NC(=O)[C@@H](NC(=O)CC(C)C)C(C)C)C(C)C. The molecule has 4 atom stereocenters. The monoisotopic (exact) mass is 530 g/mol. The Morgan fingerprint density at radius 3 is 1.83 bits per heavy atom. The molecule has 11 heteroatoms. The molecule has 4 amide bonds. The van der Waals surface area contributed by atoms with Crippen LogP contribution in [0, 0.1) is 23.7 Å². The van der Waals surface area contributed by atoms with Gasteiger partial charge in [-0.25, -0.2) is 0 Å². The third kappa shape index (κ3) is 15.1. The van der Waals surface area contributed by atoms with Crippen molar-refractivity contribution in [3.63, 3.8) is 0 Å². The van der Waals surface area contributed by atoms with Gasteiger partial charge < -0.3 is 21.3 Å². The second kappa shape index (κ2) is 17.4. The highest BCUT2D eigenvalue weighted by atomic mass is 31.1. The number of carbonyl (C=O) groups is 4. The highest BCUT2D eigenvalue weighted by Crippen LogP contribution is 2.15. The Balaban J connectivity index is 4.75. The van der Waals surface area contributed by atoms with Crippen LogP contribution >= 0.6 is 7.95 Å². The lowest BCUT2D eigenvalue weighted by molar-refractivity contribution is -0.131. The molecule has 0 rings (SSSR count). The summed E-state index contributed by atoms with van der Waals surface area (Å²) in [7, 11) is -2.09. The maximum atomic E-state index is 12.9. The fourth-order valence-corrected chi connectivity index (χ4v) is 4.10. The molecule has 0 saturated carbocycles. The van der Waals surface area contributed by atoms with Crippen LogP contribution in [0.3, 0.4) is 0 Å². The summed E-state index contributed by atoms with van der Waals surface area (Å²) in [6.07, 6.45) is 0.905. The van der Waals surface area contributed by atoms with Crippen molar-refractivity contribution in [3.8, 4) is 0 Å². The van der Waals surface area contributed by atoms with E-state index in [9.17, 15) is 23.7 Å². The Morgan fingerprint density at radius 1 is 0.722 bits per heavy atom. The zero-order valence-corrected chi connectivity index (χ0v) is 24.5. The third-order valence-electron chi connectivity index (χ3n) is 5.56. The standard InChI is InChI=1S/C25H48N5O5P/c1-15(2)10-11-26-24(33)19(9)28-22(32)14-36(35)27-13-20(17(5)6)29-25(34)23(18(7)8)30-21(31)12-16(3)4/h15-20,23H,10-14H2,1-9H3,(H4-,26,27,28,29,30,31,32,33,34,35)/p+1/t19-,20-,23-/m0/s1. The first-order chi connectivity index (χ1) is 16.6. The molecule has 0 aromatic carbocycles. The molecule has 0 aliphatic carbocycles. The zero-order chi connectivity index (χ0) is 28.0. The zero-order valence-electron chi connectivity index (χ0n) is 23.6. The van der Waals surface area contributed by atoms with Crippen molar-refractivity contribution >= 4 is 31.6 Å². The first-order valence-corrected chi connectivity index (χ1v) is 14.4. The molecule has 0 heterocycles. The van der Waals surface area contributed by atoms with Gasteiger partial charge in [-0.1, -0.05) is 55.4 Å². The predicted octanol–water partition coefficient (Wildman–Crippen LogP) is 2.31. The predicted molar refractivity (Wildman–Crippen MR) is 144 cm³/mol. The lowest BCUT2D eigenvalue weighted by Crippen LogP contribution is -2.54. The lowest BCUT2D eigenvalue weighted by Gasteiger charge is -2.27. The van der Waals surface area contributed by atoms with Crippen LogP contribution in [-0.2, 0) is 23.7 Å². The molecule has 36 heavy (non-hydrogen) atoms. The molecule has 0 bridgehead atoms. The Morgan fingerprint density at radius 2 is 1.33 bits per heavy atom. The minimum Gasteiger partial charge on any atom is -0.354 e. The molecular weight excluding hydrogens is 481 g/mol. The van der Waals surface area contributed by atoms with E-state index in [0.29, 0.717) is 18.9 Å². The number of hydrogen-bond donors (Lipinski definition) is 5. The summed E-state index contributed by atoms with van der Waals surface area (Å²) in [6, 6.07) is -1.76. The first-order valence-electron chi connectivity index (χ1n) is 13.0. The second-order valence-electron chi connectivity index (χ2n) is 10.9. The van der Waals surface area contributed by atoms with E-state index in [-0.39, 0.29) is 54.2 Å². The molecule has 0 saturated heterocycles. The van der Waals surface area contributed by atoms with Crippen molar-refractivity contribution in [2.75, 3.05) is 19.3 Å². The van der Waals surface area contributed by atoms with Crippen LogP contribution in [0.5, 0.6) is 0 Å². The second-order valence-corrected chi connectivity index (χ2v) is 12.3. The van der Waals surface area contributed by atoms with Gasteiger partial charge in [-0.2, -0.15) is 0 Å². The van der Waals surface area contributed by atoms with E-state index < -0.39 is 25.9 Å². The summed E-state index contributed by atoms with van der Waals surface area (Å²) < 4.78 is 12.5. The lowest BCUT2D eigenvalue weighted by atomic mass is 9.99. The Hall–Kier alpha value is -2.06. The van der Waals surface area contributed by atoms with Crippen LogP contribution in [0.2, 0.25) is 0 Å². The van der Waals surface area contributed by atoms with E-state index in [1.807, 2.05) is 41.5 Å². The van der Waals surface area contributed by atoms with Crippen LogP contribution in [-0.4, -0.2) is 61.0 Å². The number of hydrogen-bond acceptors (Lipinski definition) is 5. The van der Waals surface area contributed by atoms with Gasteiger partial charge in [-0.3, -0.25) is 19.2 Å². The van der Waals surface area contributed by atoms with Crippen molar-refractivity contribution in [3.05, 3.63) is 0 Å². The molecule has 1 unspecified atom stereocenters. The van der Waals surface area contributed by atoms with E-state index in [4.69, 9.17) is 0 Å². The minimum absolute atomic E-state index is 0.0208. The molecular formula is C25H49N5O5P+. The van der Waals surface area contributed by atoms with Gasteiger partial charge in [0, 0.05) is 19.0 Å². The average Bonchev–Trinajstić information content (AvgIpc) is 2.73. The van der Waals surface area contributed by atoms with E-state index in [1.165, 1.54) is 0 Å². The number of nitrogens with one attached hydrogen (secondary N) is 5. The van der Waals surface area contributed by atoms with Crippen molar-refractivity contribution in [1.29, 1.82) is 0 Å². The normalized spacial score (nSPS) is 14.4. The van der Waals surface area contributed by atoms with Gasteiger partial charge in [0.05, 0.1) is 6.54 Å². The van der Waals surface area contributed by atoms with E-state index in [0.717, 1.165) is 6.42 Å². The van der Waals surface area contributed by atoms with Gasteiger partial charge in [0.15, 0.2) is 0 Å². The van der Waals surface area contributed by atoms with Crippen molar-refractivity contribution in [2.24, 2.45) is 23.7 Å². The fourth-order valence-electron chi connectivity index (χ4n) is 3.24. The molecule has 0 aliphatic rings. The van der Waals surface area contributed by atoms with Crippen LogP contribution in [0.4, 0.5) is 0 Å². The number of carbonyl (C=O) groups excluding carboxylic acids is 4. The third-order valence-corrected chi connectivity index (χ3v) is 6.67. The molecule has 0 fully saturated rings. The minimum atomic E-state index is -2.09. The van der Waals surface area contributed by atoms with Crippen LogP contribution in [0.15, 0.2) is 0 Å². The molecule has 0 radical (unpaired) electrons. The Kier molecular flexibility index (Phi) is 16.4. The molecule has 208 valence electrons. The summed E-state index contributed by atoms with van der Waals surface area (Å²) >= 11 is 0. The van der Waals surface area contributed by atoms with Crippen molar-refractivity contribution in [1.82, 2.24) is 26.4 Å². The van der Waals surface area contributed by atoms with Gasteiger partial charge in [0.25, 0.3) is 5.91 Å². The average molecular weight is 531 g/mol. The molecule has 10 nitrogen and oxygen atoms in total.